The van der Waals surface area contributed by atoms with Crippen molar-refractivity contribution in [2.45, 2.75) is 57.0 Å². The van der Waals surface area contributed by atoms with Gasteiger partial charge >= 0.3 is 12.0 Å². The van der Waals surface area contributed by atoms with Gasteiger partial charge in [0.05, 0.1) is 11.8 Å². The van der Waals surface area contributed by atoms with Gasteiger partial charge in [-0.05, 0) is 50.3 Å². The third-order valence-corrected chi connectivity index (χ3v) is 7.63. The summed E-state index contributed by atoms with van der Waals surface area (Å²) in [5, 5.41) is 26.3. The Hall–Kier alpha value is -3.67. The van der Waals surface area contributed by atoms with Crippen LogP contribution in [0.3, 0.4) is 0 Å². The van der Waals surface area contributed by atoms with Crippen LogP contribution in [-0.2, 0) is 20.8 Å². The van der Waals surface area contributed by atoms with Gasteiger partial charge in [-0.2, -0.15) is 0 Å². The Morgan fingerprint density at radius 1 is 1.03 bits per heavy atom. The highest BCUT2D eigenvalue weighted by atomic mass is 16.4. The molecule has 0 aliphatic carbocycles. The Morgan fingerprint density at radius 2 is 1.69 bits per heavy atom. The number of benzene rings is 1. The molecular weight excluding hydrogens is 502 g/mol. The third-order valence-electron chi connectivity index (χ3n) is 7.63. The lowest BCUT2D eigenvalue weighted by Gasteiger charge is -2.38. The summed E-state index contributed by atoms with van der Waals surface area (Å²) in [5.74, 6) is -5.26. The average Bonchev–Trinajstić information content (AvgIpc) is 3.20. The molecule has 0 bridgehead atoms. The first-order valence-corrected chi connectivity index (χ1v) is 13.7. The number of amides is 4. The standard InChI is InChI=1S/C27H41N7O5/c28-23(29)20(18-11-8-12-31-16-18)21(24(30)35)22(25(36)34-13-6-1-2-7-14-34)33-27(39)32-19(26(37)38)15-17-9-4-3-5-10-17/h3-5,9-10,18-22,31H,1-2,6-8,11-16H2,(H3,28,29)(H2,30,35)(H,37,38)(H2,32,33,39)/t18?,19-,20?,21+,22+/m1/s1. The largest absolute Gasteiger partial charge is 0.480 e. The van der Waals surface area contributed by atoms with Crippen LogP contribution in [0, 0.1) is 23.2 Å². The van der Waals surface area contributed by atoms with E-state index in [1.54, 1.807) is 35.2 Å². The predicted molar refractivity (Wildman–Crippen MR) is 146 cm³/mol. The normalized spacial score (nSPS) is 20.9. The van der Waals surface area contributed by atoms with Gasteiger partial charge in [0, 0.05) is 25.4 Å². The van der Waals surface area contributed by atoms with Gasteiger partial charge in [0.2, 0.25) is 11.8 Å². The molecule has 3 rings (SSSR count). The summed E-state index contributed by atoms with van der Waals surface area (Å²) < 4.78 is 0. The Balaban J connectivity index is 1.90. The number of hydrogen-bond donors (Lipinski definition) is 7. The van der Waals surface area contributed by atoms with Gasteiger partial charge in [-0.25, -0.2) is 9.59 Å². The summed E-state index contributed by atoms with van der Waals surface area (Å²) in [6, 6.07) is 5.23. The number of piperidine rings is 1. The first-order chi connectivity index (χ1) is 18.7. The lowest BCUT2D eigenvalue weighted by molar-refractivity contribution is -0.139. The summed E-state index contributed by atoms with van der Waals surface area (Å²) in [4.78, 5) is 53.6. The van der Waals surface area contributed by atoms with Crippen molar-refractivity contribution in [3.05, 3.63) is 35.9 Å². The number of primary amides is 1. The zero-order chi connectivity index (χ0) is 28.4. The number of rotatable bonds is 11. The molecule has 0 spiro atoms. The van der Waals surface area contributed by atoms with Gasteiger partial charge in [0.1, 0.15) is 12.1 Å². The monoisotopic (exact) mass is 543 g/mol. The lowest BCUT2D eigenvalue weighted by atomic mass is 9.73. The molecule has 2 unspecified atom stereocenters. The van der Waals surface area contributed by atoms with Crippen molar-refractivity contribution in [1.29, 1.82) is 5.41 Å². The van der Waals surface area contributed by atoms with Crippen molar-refractivity contribution >= 4 is 29.7 Å². The SMILES string of the molecule is N=C(N)C(C1CCCNC1)[C@H](C(N)=O)[C@H](NC(=O)N[C@H](Cc1ccccc1)C(=O)O)C(=O)N1CCCCCC1. The molecule has 4 amide bonds. The van der Waals surface area contributed by atoms with Crippen molar-refractivity contribution in [3.8, 4) is 0 Å². The molecule has 0 saturated carbocycles. The Bertz CT molecular complexity index is 1010. The van der Waals surface area contributed by atoms with E-state index in [9.17, 15) is 24.3 Å². The molecule has 2 saturated heterocycles. The first kappa shape index (κ1) is 29.9. The zero-order valence-corrected chi connectivity index (χ0v) is 22.2. The molecule has 2 aliphatic rings. The van der Waals surface area contributed by atoms with Gasteiger partial charge in [0.15, 0.2) is 0 Å². The highest BCUT2D eigenvalue weighted by molar-refractivity contribution is 5.96. The number of aliphatic carboxylic acids is 1. The number of nitrogens with two attached hydrogens (primary N) is 2. The fourth-order valence-corrected chi connectivity index (χ4v) is 5.66. The molecule has 214 valence electrons. The minimum absolute atomic E-state index is 0.0252. The molecule has 5 atom stereocenters. The van der Waals surface area contributed by atoms with Crippen LogP contribution in [0.5, 0.6) is 0 Å². The Kier molecular flexibility index (Phi) is 11.1. The number of nitrogens with zero attached hydrogens (tertiary/aromatic N) is 1. The van der Waals surface area contributed by atoms with Crippen LogP contribution in [0.25, 0.3) is 0 Å². The molecule has 1 aromatic rings. The van der Waals surface area contributed by atoms with E-state index in [1.165, 1.54) is 0 Å². The molecule has 0 radical (unpaired) electrons. The maximum Gasteiger partial charge on any atom is 0.326 e. The Morgan fingerprint density at radius 3 is 2.23 bits per heavy atom. The average molecular weight is 544 g/mol. The van der Waals surface area contributed by atoms with E-state index in [0.29, 0.717) is 31.6 Å². The number of carbonyl (C=O) groups excluding carboxylic acids is 3. The maximum atomic E-state index is 13.9. The topological polar surface area (TPSA) is 204 Å². The number of carboxylic acids is 1. The van der Waals surface area contributed by atoms with Gasteiger partial charge in [-0.15, -0.1) is 0 Å². The molecule has 12 heteroatoms. The summed E-state index contributed by atoms with van der Waals surface area (Å²) in [6.45, 7) is 2.21. The first-order valence-electron chi connectivity index (χ1n) is 13.7. The van der Waals surface area contributed by atoms with Crippen molar-refractivity contribution in [3.63, 3.8) is 0 Å². The number of urea groups is 1. The fraction of sp³-hybridized carbons (Fsp3) is 0.593. The molecule has 2 aliphatic heterocycles. The summed E-state index contributed by atoms with van der Waals surface area (Å²) in [7, 11) is 0. The number of amidine groups is 1. The van der Waals surface area contributed by atoms with E-state index in [-0.39, 0.29) is 18.2 Å². The number of nitrogens with one attached hydrogen (secondary N) is 4. The number of hydrogen-bond acceptors (Lipinski definition) is 6. The van der Waals surface area contributed by atoms with Crippen LogP contribution in [0.15, 0.2) is 30.3 Å². The highest BCUT2D eigenvalue weighted by Gasteiger charge is 2.45. The smallest absolute Gasteiger partial charge is 0.326 e. The van der Waals surface area contributed by atoms with Crippen LogP contribution in [0.2, 0.25) is 0 Å². The van der Waals surface area contributed by atoms with E-state index in [2.05, 4.69) is 16.0 Å². The van der Waals surface area contributed by atoms with Gasteiger partial charge in [-0.1, -0.05) is 43.2 Å². The van der Waals surface area contributed by atoms with E-state index in [1.807, 2.05) is 0 Å². The van der Waals surface area contributed by atoms with E-state index < -0.39 is 47.7 Å². The fourth-order valence-electron chi connectivity index (χ4n) is 5.66. The third kappa shape index (κ3) is 8.41. The van der Waals surface area contributed by atoms with Crippen LogP contribution < -0.4 is 27.4 Å². The molecule has 0 aromatic heterocycles. The predicted octanol–water partition coefficient (Wildman–Crippen LogP) is 0.406. The van der Waals surface area contributed by atoms with E-state index >= 15 is 0 Å². The van der Waals surface area contributed by atoms with Crippen molar-refractivity contribution in [2.75, 3.05) is 26.2 Å². The highest BCUT2D eigenvalue weighted by Crippen LogP contribution is 2.30. The molecule has 39 heavy (non-hydrogen) atoms. The molecule has 2 heterocycles. The molecular formula is C27H41N7O5. The summed E-state index contributed by atoms with van der Waals surface area (Å²) >= 11 is 0. The van der Waals surface area contributed by atoms with Crippen molar-refractivity contribution < 1.29 is 24.3 Å². The van der Waals surface area contributed by atoms with E-state index in [4.69, 9.17) is 16.9 Å². The lowest BCUT2D eigenvalue weighted by Crippen LogP contribution is -2.62. The summed E-state index contributed by atoms with van der Waals surface area (Å²) in [6.07, 6.45) is 5.00. The quantitative estimate of drug-likeness (QED) is 0.154. The van der Waals surface area contributed by atoms with Crippen LogP contribution in [0.4, 0.5) is 4.79 Å². The second-order valence-corrected chi connectivity index (χ2v) is 10.4. The number of likely N-dealkylation sites (tertiary alicyclic amines) is 1. The van der Waals surface area contributed by atoms with Crippen LogP contribution in [-0.4, -0.2) is 77.9 Å². The van der Waals surface area contributed by atoms with E-state index in [0.717, 1.165) is 38.6 Å². The molecule has 12 nitrogen and oxygen atoms in total. The van der Waals surface area contributed by atoms with Crippen molar-refractivity contribution in [1.82, 2.24) is 20.9 Å². The number of carboxylic acid groups (broad SMARTS) is 1. The minimum Gasteiger partial charge on any atom is -0.480 e. The number of carbonyl (C=O) groups is 4. The summed E-state index contributed by atoms with van der Waals surface area (Å²) in [5.41, 5.74) is 12.6. The van der Waals surface area contributed by atoms with Crippen LogP contribution >= 0.6 is 0 Å². The molecule has 9 N–H and O–H groups in total. The second kappa shape index (κ2) is 14.5. The van der Waals surface area contributed by atoms with Crippen LogP contribution in [0.1, 0.15) is 44.1 Å². The van der Waals surface area contributed by atoms with Gasteiger partial charge < -0.3 is 37.4 Å². The zero-order valence-electron chi connectivity index (χ0n) is 22.2. The van der Waals surface area contributed by atoms with Gasteiger partial charge in [-0.3, -0.25) is 15.0 Å². The van der Waals surface area contributed by atoms with Gasteiger partial charge in [0.25, 0.3) is 0 Å². The molecule has 2 fully saturated rings. The Labute approximate surface area is 228 Å². The maximum absolute atomic E-state index is 13.9. The second-order valence-electron chi connectivity index (χ2n) is 10.4. The van der Waals surface area contributed by atoms with Crippen molar-refractivity contribution in [2.24, 2.45) is 29.2 Å². The minimum atomic E-state index is -1.41. The molecule has 1 aromatic carbocycles.